The van der Waals surface area contributed by atoms with E-state index in [-0.39, 0.29) is 0 Å². The van der Waals surface area contributed by atoms with Crippen LogP contribution in [0.4, 0.5) is 17.1 Å². The number of nitrogens with zero attached hydrogens (tertiary/aromatic N) is 1. The van der Waals surface area contributed by atoms with E-state index in [2.05, 4.69) is 138 Å². The van der Waals surface area contributed by atoms with Crippen molar-refractivity contribution in [3.05, 3.63) is 164 Å². The van der Waals surface area contributed by atoms with Gasteiger partial charge in [-0.3, -0.25) is 0 Å². The van der Waals surface area contributed by atoms with Gasteiger partial charge in [-0.1, -0.05) is 109 Å². The molecule has 0 aliphatic carbocycles. The third kappa shape index (κ3) is 4.13. The van der Waals surface area contributed by atoms with Gasteiger partial charge in [0.1, 0.15) is 22.3 Å². The lowest BCUT2D eigenvalue weighted by Gasteiger charge is -2.25. The lowest BCUT2D eigenvalue weighted by atomic mass is 9.94. The average Bonchev–Trinajstić information content (AvgIpc) is 3.67. The third-order valence-corrected chi connectivity index (χ3v) is 8.66. The average molecular weight is 578 g/mol. The maximum absolute atomic E-state index is 6.75. The predicted octanol–water partition coefficient (Wildman–Crippen LogP) is 12.3. The molecule has 9 rings (SSSR count). The van der Waals surface area contributed by atoms with Gasteiger partial charge in [0, 0.05) is 44.2 Å². The lowest BCUT2D eigenvalue weighted by Crippen LogP contribution is -2.09. The minimum Gasteiger partial charge on any atom is -0.456 e. The Hall–Kier alpha value is -6.06. The molecule has 0 saturated carbocycles. The van der Waals surface area contributed by atoms with Gasteiger partial charge in [0.15, 0.2) is 0 Å². The monoisotopic (exact) mass is 577 g/mol. The Kier molecular flexibility index (Phi) is 5.82. The molecule has 45 heavy (non-hydrogen) atoms. The number of hydrogen-bond acceptors (Lipinski definition) is 3. The van der Waals surface area contributed by atoms with Gasteiger partial charge in [-0.2, -0.15) is 0 Å². The van der Waals surface area contributed by atoms with Crippen molar-refractivity contribution in [3.8, 4) is 22.3 Å². The number of para-hydroxylation sites is 3. The second-order valence-electron chi connectivity index (χ2n) is 11.3. The first-order valence-electron chi connectivity index (χ1n) is 15.2. The second kappa shape index (κ2) is 10.3. The fourth-order valence-corrected chi connectivity index (χ4v) is 6.68. The van der Waals surface area contributed by atoms with Gasteiger partial charge in [-0.25, -0.2) is 0 Å². The summed E-state index contributed by atoms with van der Waals surface area (Å²) >= 11 is 0. The lowest BCUT2D eigenvalue weighted by molar-refractivity contribution is 0.664. The smallest absolute Gasteiger partial charge is 0.144 e. The Morgan fingerprint density at radius 2 is 0.978 bits per heavy atom. The molecule has 0 spiro atoms. The van der Waals surface area contributed by atoms with Crippen LogP contribution in [-0.4, -0.2) is 0 Å². The normalized spacial score (nSPS) is 11.6. The Morgan fingerprint density at radius 1 is 0.378 bits per heavy atom. The van der Waals surface area contributed by atoms with Gasteiger partial charge >= 0.3 is 0 Å². The molecule has 2 heterocycles. The summed E-state index contributed by atoms with van der Waals surface area (Å²) in [4.78, 5) is 2.28. The van der Waals surface area contributed by atoms with Crippen molar-refractivity contribution in [3.63, 3.8) is 0 Å². The molecule has 0 atom stereocenters. The van der Waals surface area contributed by atoms with Crippen LogP contribution in [0.1, 0.15) is 0 Å². The topological polar surface area (TPSA) is 29.5 Å². The first-order chi connectivity index (χ1) is 22.3. The largest absolute Gasteiger partial charge is 0.456 e. The standard InChI is InChI=1S/C42H27NO2/c1-4-13-29(14-5-1)39-41-34-19-10-11-21-36(34)44-38(41)27-35-40-33(20-12-22-37(40)45-42(35)39)28-23-25-32(26-24-28)43(30-15-6-2-7-16-30)31-17-8-3-9-18-31/h1-27H. The maximum Gasteiger partial charge on any atom is 0.144 e. The van der Waals surface area contributed by atoms with E-state index in [9.17, 15) is 0 Å². The first kappa shape index (κ1) is 25.4. The number of fused-ring (bicyclic) bond motifs is 6. The highest BCUT2D eigenvalue weighted by atomic mass is 16.3. The molecule has 9 aromatic rings. The number of rotatable bonds is 5. The van der Waals surface area contributed by atoms with Crippen molar-refractivity contribution in [2.75, 3.05) is 4.90 Å². The molecule has 3 nitrogen and oxygen atoms in total. The molecule has 0 fully saturated rings. The van der Waals surface area contributed by atoms with E-state index in [1.165, 1.54) is 0 Å². The van der Waals surface area contributed by atoms with Gasteiger partial charge < -0.3 is 13.7 Å². The molecular formula is C42H27NO2. The van der Waals surface area contributed by atoms with E-state index < -0.39 is 0 Å². The molecule has 212 valence electrons. The van der Waals surface area contributed by atoms with Gasteiger partial charge in [-0.15, -0.1) is 0 Å². The van der Waals surface area contributed by atoms with Crippen molar-refractivity contribution in [1.29, 1.82) is 0 Å². The van der Waals surface area contributed by atoms with Crippen LogP contribution in [-0.2, 0) is 0 Å². The Bertz CT molecular complexity index is 2420. The molecule has 0 amide bonds. The van der Waals surface area contributed by atoms with Crippen LogP contribution in [0.5, 0.6) is 0 Å². The number of anilines is 3. The second-order valence-corrected chi connectivity index (χ2v) is 11.3. The molecule has 0 N–H and O–H groups in total. The van der Waals surface area contributed by atoms with Crippen LogP contribution in [0.25, 0.3) is 66.1 Å². The molecule has 0 aliphatic rings. The van der Waals surface area contributed by atoms with E-state index in [4.69, 9.17) is 8.83 Å². The number of hydrogen-bond donors (Lipinski definition) is 0. The maximum atomic E-state index is 6.75. The Morgan fingerprint density at radius 3 is 1.69 bits per heavy atom. The Labute approximate surface area is 260 Å². The van der Waals surface area contributed by atoms with Crippen molar-refractivity contribution in [1.82, 2.24) is 0 Å². The molecule has 2 aromatic heterocycles. The van der Waals surface area contributed by atoms with E-state index in [1.807, 2.05) is 30.3 Å². The van der Waals surface area contributed by atoms with Crippen LogP contribution in [0.2, 0.25) is 0 Å². The van der Waals surface area contributed by atoms with Crippen molar-refractivity contribution in [2.45, 2.75) is 0 Å². The van der Waals surface area contributed by atoms with E-state index >= 15 is 0 Å². The highest BCUT2D eigenvalue weighted by Gasteiger charge is 2.22. The van der Waals surface area contributed by atoms with Crippen LogP contribution in [0.3, 0.4) is 0 Å². The zero-order valence-electron chi connectivity index (χ0n) is 24.4. The Balaban J connectivity index is 1.26. The molecule has 3 heteroatoms. The summed E-state index contributed by atoms with van der Waals surface area (Å²) in [6.45, 7) is 0. The molecule has 0 aliphatic heterocycles. The third-order valence-electron chi connectivity index (χ3n) is 8.66. The van der Waals surface area contributed by atoms with Gasteiger partial charge in [0.25, 0.3) is 0 Å². The van der Waals surface area contributed by atoms with Crippen LogP contribution >= 0.6 is 0 Å². The summed E-state index contributed by atoms with van der Waals surface area (Å²) in [5.74, 6) is 0. The molecule has 0 bridgehead atoms. The number of benzene rings is 7. The first-order valence-corrected chi connectivity index (χ1v) is 15.2. The fourth-order valence-electron chi connectivity index (χ4n) is 6.68. The molecule has 0 radical (unpaired) electrons. The summed E-state index contributed by atoms with van der Waals surface area (Å²) in [6.07, 6.45) is 0. The van der Waals surface area contributed by atoms with Crippen LogP contribution < -0.4 is 4.90 Å². The van der Waals surface area contributed by atoms with Crippen molar-refractivity contribution >= 4 is 60.9 Å². The zero-order chi connectivity index (χ0) is 29.7. The quantitative estimate of drug-likeness (QED) is 0.204. The predicted molar refractivity (Wildman–Crippen MR) is 187 cm³/mol. The summed E-state index contributed by atoms with van der Waals surface area (Å²) in [6, 6.07) is 57.0. The molecule has 0 unspecified atom stereocenters. The van der Waals surface area contributed by atoms with Crippen molar-refractivity contribution in [2.24, 2.45) is 0 Å². The highest BCUT2D eigenvalue weighted by Crippen LogP contribution is 2.47. The highest BCUT2D eigenvalue weighted by molar-refractivity contribution is 6.25. The van der Waals surface area contributed by atoms with Crippen molar-refractivity contribution < 1.29 is 8.83 Å². The van der Waals surface area contributed by atoms with E-state index in [0.717, 1.165) is 83.2 Å². The zero-order valence-corrected chi connectivity index (χ0v) is 24.4. The fraction of sp³-hybridized carbons (Fsp3) is 0. The molecule has 0 saturated heterocycles. The van der Waals surface area contributed by atoms with Gasteiger partial charge in [0.2, 0.25) is 0 Å². The molecular weight excluding hydrogens is 550 g/mol. The summed E-state index contributed by atoms with van der Waals surface area (Å²) in [5, 5.41) is 4.30. The van der Waals surface area contributed by atoms with Gasteiger partial charge in [0.05, 0.1) is 0 Å². The minimum absolute atomic E-state index is 0.857. The summed E-state index contributed by atoms with van der Waals surface area (Å²) < 4.78 is 13.2. The van der Waals surface area contributed by atoms with Crippen LogP contribution in [0, 0.1) is 0 Å². The summed E-state index contributed by atoms with van der Waals surface area (Å²) in [5.41, 5.74) is 11.2. The minimum atomic E-state index is 0.857. The van der Waals surface area contributed by atoms with E-state index in [1.54, 1.807) is 0 Å². The summed E-state index contributed by atoms with van der Waals surface area (Å²) in [7, 11) is 0. The number of furan rings is 2. The van der Waals surface area contributed by atoms with Gasteiger partial charge in [-0.05, 0) is 71.3 Å². The molecule has 7 aromatic carbocycles. The van der Waals surface area contributed by atoms with E-state index in [0.29, 0.717) is 0 Å². The van der Waals surface area contributed by atoms with Crippen LogP contribution in [0.15, 0.2) is 173 Å². The SMILES string of the molecule is c1ccc(-c2c3oc4cccc(-c5ccc(N(c6ccccc6)c6ccccc6)cc5)c4c3cc3oc4ccccc4c23)cc1.